The lowest BCUT2D eigenvalue weighted by Gasteiger charge is -2.31. The largest absolute Gasteiger partial charge is 0.396 e. The van der Waals surface area contributed by atoms with Crippen molar-refractivity contribution in [2.24, 2.45) is 5.41 Å². The van der Waals surface area contributed by atoms with Crippen molar-refractivity contribution in [3.8, 4) is 0 Å². The number of hydrogen-bond acceptors (Lipinski definition) is 3. The third-order valence-electron chi connectivity index (χ3n) is 3.52. The second-order valence-electron chi connectivity index (χ2n) is 4.37. The molecule has 0 aliphatic rings. The van der Waals surface area contributed by atoms with Gasteiger partial charge in [0.15, 0.2) is 0 Å². The fraction of sp³-hybridized carbons (Fsp3) is 0.750. The molecule has 0 atom stereocenters. The predicted octanol–water partition coefficient (Wildman–Crippen LogP) is 1.69. The van der Waals surface area contributed by atoms with Gasteiger partial charge in [-0.25, -0.2) is 0 Å². The molecule has 0 amide bonds. The van der Waals surface area contributed by atoms with Crippen LogP contribution < -0.4 is 5.32 Å². The van der Waals surface area contributed by atoms with Gasteiger partial charge in [-0.05, 0) is 30.7 Å². The van der Waals surface area contributed by atoms with Crippen molar-refractivity contribution in [3.63, 3.8) is 0 Å². The van der Waals surface area contributed by atoms with E-state index < -0.39 is 0 Å². The standard InChI is InChI=1S/C12H23N3O/c1-3-12(4-2,6-8-16)10-13-9-11-5-7-14-15-11/h5,7,13,16H,3-4,6,8-10H2,1-2H3,(H,14,15). The average molecular weight is 225 g/mol. The Morgan fingerprint density at radius 1 is 1.44 bits per heavy atom. The lowest BCUT2D eigenvalue weighted by atomic mass is 9.79. The van der Waals surface area contributed by atoms with Gasteiger partial charge in [0.25, 0.3) is 0 Å². The normalized spacial score (nSPS) is 11.9. The van der Waals surface area contributed by atoms with Crippen molar-refractivity contribution in [2.45, 2.75) is 39.7 Å². The molecule has 0 saturated carbocycles. The van der Waals surface area contributed by atoms with Crippen LogP contribution in [0.4, 0.5) is 0 Å². The Kier molecular flexibility index (Phi) is 5.49. The van der Waals surface area contributed by atoms with Gasteiger partial charge in [-0.3, -0.25) is 5.10 Å². The lowest BCUT2D eigenvalue weighted by molar-refractivity contribution is 0.163. The number of rotatable bonds is 8. The van der Waals surface area contributed by atoms with Crippen molar-refractivity contribution in [2.75, 3.05) is 13.2 Å². The molecule has 92 valence electrons. The minimum Gasteiger partial charge on any atom is -0.396 e. The third kappa shape index (κ3) is 3.61. The summed E-state index contributed by atoms with van der Waals surface area (Å²) in [4.78, 5) is 0. The fourth-order valence-electron chi connectivity index (χ4n) is 2.02. The topological polar surface area (TPSA) is 60.9 Å². The zero-order valence-electron chi connectivity index (χ0n) is 10.3. The minimum atomic E-state index is 0.231. The fourth-order valence-corrected chi connectivity index (χ4v) is 2.02. The average Bonchev–Trinajstić information content (AvgIpc) is 2.81. The molecule has 0 radical (unpaired) electrons. The molecule has 0 aromatic carbocycles. The van der Waals surface area contributed by atoms with Crippen molar-refractivity contribution in [1.29, 1.82) is 0 Å². The predicted molar refractivity (Wildman–Crippen MR) is 65.0 cm³/mol. The molecule has 4 nitrogen and oxygen atoms in total. The molecule has 3 N–H and O–H groups in total. The summed E-state index contributed by atoms with van der Waals surface area (Å²) in [5.74, 6) is 0. The second-order valence-corrected chi connectivity index (χ2v) is 4.37. The number of aliphatic hydroxyl groups excluding tert-OH is 1. The van der Waals surface area contributed by atoms with E-state index >= 15 is 0 Å². The van der Waals surface area contributed by atoms with Crippen LogP contribution in [0.3, 0.4) is 0 Å². The van der Waals surface area contributed by atoms with Crippen LogP contribution in [0.5, 0.6) is 0 Å². The molecule has 0 aliphatic carbocycles. The van der Waals surface area contributed by atoms with Gasteiger partial charge in [0.1, 0.15) is 0 Å². The highest BCUT2D eigenvalue weighted by Gasteiger charge is 2.24. The zero-order valence-corrected chi connectivity index (χ0v) is 10.3. The first-order valence-corrected chi connectivity index (χ1v) is 6.06. The highest BCUT2D eigenvalue weighted by molar-refractivity contribution is 4.96. The molecule has 0 saturated heterocycles. The smallest absolute Gasteiger partial charge is 0.0490 e. The van der Waals surface area contributed by atoms with Crippen LogP contribution in [-0.2, 0) is 6.54 Å². The van der Waals surface area contributed by atoms with Gasteiger partial charge in [0.2, 0.25) is 0 Å². The Morgan fingerprint density at radius 2 is 2.19 bits per heavy atom. The van der Waals surface area contributed by atoms with Crippen LogP contribution in [-0.4, -0.2) is 28.5 Å². The third-order valence-corrected chi connectivity index (χ3v) is 3.52. The molecule has 1 aromatic heterocycles. The number of aromatic nitrogens is 2. The molecule has 4 heteroatoms. The maximum atomic E-state index is 9.10. The van der Waals surface area contributed by atoms with E-state index in [0.29, 0.717) is 0 Å². The van der Waals surface area contributed by atoms with Crippen LogP contribution in [0.2, 0.25) is 0 Å². The SMILES string of the molecule is CCC(CC)(CCO)CNCc1ccn[nH]1. The summed E-state index contributed by atoms with van der Waals surface area (Å²) in [5.41, 5.74) is 1.33. The lowest BCUT2D eigenvalue weighted by Crippen LogP contribution is -2.34. The van der Waals surface area contributed by atoms with E-state index in [0.717, 1.165) is 38.0 Å². The summed E-state index contributed by atoms with van der Waals surface area (Å²) in [6.45, 7) is 6.41. The van der Waals surface area contributed by atoms with Crippen LogP contribution in [0, 0.1) is 5.41 Å². The first kappa shape index (κ1) is 13.2. The van der Waals surface area contributed by atoms with Crippen molar-refractivity contribution in [1.82, 2.24) is 15.5 Å². The first-order valence-electron chi connectivity index (χ1n) is 6.06. The van der Waals surface area contributed by atoms with Crippen molar-refractivity contribution in [3.05, 3.63) is 18.0 Å². The quantitative estimate of drug-likeness (QED) is 0.631. The molecular weight excluding hydrogens is 202 g/mol. The number of aliphatic hydroxyl groups is 1. The Balaban J connectivity index is 2.37. The first-order chi connectivity index (χ1) is 7.76. The van der Waals surface area contributed by atoms with E-state index in [1.807, 2.05) is 6.07 Å². The van der Waals surface area contributed by atoms with Gasteiger partial charge in [0, 0.05) is 31.6 Å². The van der Waals surface area contributed by atoms with Crippen LogP contribution in [0.1, 0.15) is 38.8 Å². The van der Waals surface area contributed by atoms with Crippen LogP contribution in [0.15, 0.2) is 12.3 Å². The molecule has 0 unspecified atom stereocenters. The number of nitrogens with zero attached hydrogens (tertiary/aromatic N) is 1. The molecule has 1 heterocycles. The van der Waals surface area contributed by atoms with E-state index in [-0.39, 0.29) is 12.0 Å². The number of aromatic amines is 1. The van der Waals surface area contributed by atoms with Gasteiger partial charge in [-0.15, -0.1) is 0 Å². The highest BCUT2D eigenvalue weighted by Crippen LogP contribution is 2.29. The Hall–Kier alpha value is -0.870. The summed E-state index contributed by atoms with van der Waals surface area (Å²) >= 11 is 0. The van der Waals surface area contributed by atoms with E-state index in [1.54, 1.807) is 6.20 Å². The Morgan fingerprint density at radius 3 is 2.69 bits per heavy atom. The van der Waals surface area contributed by atoms with Gasteiger partial charge < -0.3 is 10.4 Å². The Labute approximate surface area is 97.5 Å². The number of nitrogens with one attached hydrogen (secondary N) is 2. The summed E-state index contributed by atoms with van der Waals surface area (Å²) in [6, 6.07) is 1.97. The molecule has 1 rings (SSSR count). The number of H-pyrrole nitrogens is 1. The highest BCUT2D eigenvalue weighted by atomic mass is 16.3. The van der Waals surface area contributed by atoms with Gasteiger partial charge in [-0.2, -0.15) is 5.10 Å². The maximum absolute atomic E-state index is 9.10. The summed E-state index contributed by atoms with van der Waals surface area (Å²) in [5, 5.41) is 19.4. The monoisotopic (exact) mass is 225 g/mol. The van der Waals surface area contributed by atoms with Gasteiger partial charge >= 0.3 is 0 Å². The van der Waals surface area contributed by atoms with E-state index in [9.17, 15) is 0 Å². The Bertz CT molecular complexity index is 268. The maximum Gasteiger partial charge on any atom is 0.0490 e. The van der Waals surface area contributed by atoms with Gasteiger partial charge in [-0.1, -0.05) is 13.8 Å². The zero-order chi connectivity index (χ0) is 11.9. The summed E-state index contributed by atoms with van der Waals surface area (Å²) in [6.07, 6.45) is 4.83. The molecule has 1 aromatic rings. The summed E-state index contributed by atoms with van der Waals surface area (Å²) < 4.78 is 0. The molecular formula is C12H23N3O. The molecule has 0 bridgehead atoms. The van der Waals surface area contributed by atoms with E-state index in [1.165, 1.54) is 0 Å². The minimum absolute atomic E-state index is 0.231. The van der Waals surface area contributed by atoms with E-state index in [2.05, 4.69) is 29.4 Å². The number of hydrogen-bond donors (Lipinski definition) is 3. The molecule has 0 aliphatic heterocycles. The van der Waals surface area contributed by atoms with Gasteiger partial charge in [0.05, 0.1) is 0 Å². The molecule has 0 fully saturated rings. The van der Waals surface area contributed by atoms with Crippen LogP contribution in [0.25, 0.3) is 0 Å². The van der Waals surface area contributed by atoms with E-state index in [4.69, 9.17) is 5.11 Å². The molecule has 16 heavy (non-hydrogen) atoms. The molecule has 0 spiro atoms. The van der Waals surface area contributed by atoms with Crippen LogP contribution >= 0.6 is 0 Å². The second kappa shape index (κ2) is 6.66. The summed E-state index contributed by atoms with van der Waals surface area (Å²) in [7, 11) is 0. The van der Waals surface area contributed by atoms with Crippen molar-refractivity contribution < 1.29 is 5.11 Å². The van der Waals surface area contributed by atoms with Crippen molar-refractivity contribution >= 4 is 0 Å².